The first-order valence-corrected chi connectivity index (χ1v) is 22.5. The van der Waals surface area contributed by atoms with Crippen molar-refractivity contribution in [3.63, 3.8) is 0 Å². The number of rotatable bonds is 31. The lowest BCUT2D eigenvalue weighted by Gasteiger charge is -2.30. The van der Waals surface area contributed by atoms with Crippen LogP contribution in [0.1, 0.15) is 72.6 Å². The molecule has 0 rings (SSSR count). The van der Waals surface area contributed by atoms with Gasteiger partial charge in [0.05, 0.1) is 12.1 Å². The van der Waals surface area contributed by atoms with E-state index in [0.29, 0.717) is 17.9 Å². The second-order valence-corrected chi connectivity index (χ2v) is 16.2. The van der Waals surface area contributed by atoms with Crippen molar-refractivity contribution in [3.8, 4) is 0 Å². The van der Waals surface area contributed by atoms with Crippen molar-refractivity contribution in [3.05, 3.63) is 0 Å². The van der Waals surface area contributed by atoms with Crippen molar-refractivity contribution in [1.82, 2.24) is 37.2 Å². The summed E-state index contributed by atoms with van der Waals surface area (Å²) in [5.74, 6) is -7.80. The van der Waals surface area contributed by atoms with Gasteiger partial charge < -0.3 is 70.4 Å². The fourth-order valence-electron chi connectivity index (χ4n) is 5.34. The Kier molecular flexibility index (Phi) is 27.8. The highest BCUT2D eigenvalue weighted by Gasteiger charge is 2.36. The molecule has 25 heteroatoms. The highest BCUT2D eigenvalue weighted by molar-refractivity contribution is 7.98. The van der Waals surface area contributed by atoms with E-state index < -0.39 is 114 Å². The van der Waals surface area contributed by atoms with Crippen molar-refractivity contribution in [2.75, 3.05) is 37.1 Å². The van der Waals surface area contributed by atoms with Crippen LogP contribution in [0.25, 0.3) is 0 Å². The number of thioether (sulfide) groups is 2. The zero-order chi connectivity index (χ0) is 46.8. The van der Waals surface area contributed by atoms with Crippen molar-refractivity contribution < 1.29 is 53.4 Å². The van der Waals surface area contributed by atoms with Crippen LogP contribution in [-0.2, 0) is 43.2 Å². The summed E-state index contributed by atoms with van der Waals surface area (Å²) in [6.07, 6.45) is 2.18. The molecule has 0 aliphatic carbocycles. The largest absolute Gasteiger partial charge is 0.480 e. The van der Waals surface area contributed by atoms with E-state index in [9.17, 15) is 48.3 Å². The Morgan fingerprint density at radius 1 is 0.623 bits per heavy atom. The summed E-state index contributed by atoms with van der Waals surface area (Å²) in [7, 11) is 0. The fraction of sp³-hybridized carbons (Fsp3) is 0.722. The molecule has 348 valence electrons. The highest BCUT2D eigenvalue weighted by Crippen LogP contribution is 2.12. The summed E-state index contributed by atoms with van der Waals surface area (Å²) >= 11 is 2.73. The SMILES string of the molecule is CC[C@H](C)[C@H](NC(=O)[C@@H](NC(=O)[C@H](C)N)[C@@H](C)O)C(=O)N[C@@H](CCSC)C(=O)N[C@@H](CCSC)C(=O)N[C@@H](CCC(N)=O)C(=O)N[C@@H](CCCN=C(N)N)C(=O)NCC(=O)O. The van der Waals surface area contributed by atoms with Crippen LogP contribution < -0.4 is 60.2 Å². The maximum Gasteiger partial charge on any atom is 0.322 e. The van der Waals surface area contributed by atoms with Crippen LogP contribution in [0.4, 0.5) is 0 Å². The van der Waals surface area contributed by atoms with Crippen molar-refractivity contribution in [2.24, 2.45) is 33.8 Å². The van der Waals surface area contributed by atoms with Gasteiger partial charge >= 0.3 is 5.97 Å². The van der Waals surface area contributed by atoms with E-state index in [-0.39, 0.29) is 51.0 Å². The van der Waals surface area contributed by atoms with Gasteiger partial charge in [-0.15, -0.1) is 0 Å². The number of aliphatic imine (C=N–C) groups is 1. The fourth-order valence-corrected chi connectivity index (χ4v) is 6.28. The molecule has 0 aromatic carbocycles. The zero-order valence-corrected chi connectivity index (χ0v) is 37.2. The minimum Gasteiger partial charge on any atom is -0.480 e. The van der Waals surface area contributed by atoms with Crippen LogP contribution in [0.3, 0.4) is 0 Å². The molecule has 8 amide bonds. The molecule has 61 heavy (non-hydrogen) atoms. The van der Waals surface area contributed by atoms with Gasteiger partial charge in [0.2, 0.25) is 47.3 Å². The second-order valence-electron chi connectivity index (χ2n) is 14.3. The number of carbonyl (C=O) groups is 9. The van der Waals surface area contributed by atoms with Gasteiger partial charge in [0.15, 0.2) is 5.96 Å². The molecule has 0 unspecified atom stereocenters. The van der Waals surface area contributed by atoms with E-state index >= 15 is 0 Å². The van der Waals surface area contributed by atoms with Crippen LogP contribution in [0, 0.1) is 5.92 Å². The van der Waals surface area contributed by atoms with E-state index in [0.717, 1.165) is 0 Å². The Bertz CT molecular complexity index is 1520. The second kappa shape index (κ2) is 30.2. The number of aliphatic hydroxyl groups is 1. The molecular weight excluding hydrogens is 841 g/mol. The lowest BCUT2D eigenvalue weighted by atomic mass is 9.97. The number of hydrogen-bond donors (Lipinski definition) is 13. The van der Waals surface area contributed by atoms with Gasteiger partial charge in [-0.1, -0.05) is 20.3 Å². The number of nitrogens with one attached hydrogen (secondary N) is 7. The molecule has 9 atom stereocenters. The van der Waals surface area contributed by atoms with Gasteiger partial charge in [-0.25, -0.2) is 0 Å². The minimum atomic E-state index is -1.46. The molecule has 0 bridgehead atoms. The monoisotopic (exact) mass is 906 g/mol. The number of amides is 8. The number of carbonyl (C=O) groups excluding carboxylic acids is 8. The summed E-state index contributed by atoms with van der Waals surface area (Å²) in [5, 5.41) is 36.7. The smallest absolute Gasteiger partial charge is 0.322 e. The van der Waals surface area contributed by atoms with Crippen LogP contribution >= 0.6 is 23.5 Å². The van der Waals surface area contributed by atoms with Gasteiger partial charge in [0.1, 0.15) is 42.8 Å². The summed E-state index contributed by atoms with van der Waals surface area (Å²) in [6, 6.07) is -8.94. The molecular formula is C36H66N12O11S2. The number of aliphatic hydroxyl groups excluding tert-OH is 1. The molecule has 0 saturated heterocycles. The van der Waals surface area contributed by atoms with Crippen molar-refractivity contribution in [1.29, 1.82) is 0 Å². The molecule has 0 heterocycles. The van der Waals surface area contributed by atoms with Gasteiger partial charge in [0.25, 0.3) is 0 Å². The topological polar surface area (TPSA) is 395 Å². The molecule has 0 fully saturated rings. The van der Waals surface area contributed by atoms with Gasteiger partial charge in [0, 0.05) is 13.0 Å². The third-order valence-electron chi connectivity index (χ3n) is 9.06. The first-order chi connectivity index (χ1) is 28.6. The lowest BCUT2D eigenvalue weighted by molar-refractivity contribution is -0.138. The van der Waals surface area contributed by atoms with Crippen LogP contribution in [0.15, 0.2) is 4.99 Å². The molecule has 0 aromatic rings. The van der Waals surface area contributed by atoms with Crippen LogP contribution in [0.2, 0.25) is 0 Å². The molecule has 0 saturated carbocycles. The summed E-state index contributed by atoms with van der Waals surface area (Å²) in [6.45, 7) is 5.45. The Balaban J connectivity index is 6.47. The van der Waals surface area contributed by atoms with Crippen molar-refractivity contribution >= 4 is 82.7 Å². The molecule has 17 N–H and O–H groups in total. The van der Waals surface area contributed by atoms with E-state index in [2.05, 4.69) is 42.2 Å². The Morgan fingerprint density at radius 2 is 1.07 bits per heavy atom. The van der Waals surface area contributed by atoms with E-state index in [4.69, 9.17) is 28.0 Å². The maximum atomic E-state index is 13.9. The molecule has 23 nitrogen and oxygen atoms in total. The molecule has 0 radical (unpaired) electrons. The standard InChI is InChI=1S/C36H66N12O11S2/c1-7-18(2)27(47-35(59)28(20(4)49)48-29(53)19(3)37)34(58)46-24(13-16-61-6)33(57)45-23(12-15-60-5)32(56)44-22(10-11-25(38)50)31(55)43-21(9-8-14-41-36(39)40)30(54)42-17-26(51)52/h18-24,27-28,49H,7-17,37H2,1-6H3,(H2,38,50)(H,42,54)(H,43,55)(H,44,56)(H,45,57)(H,46,58)(H,47,59)(H,48,53)(H,51,52)(H4,39,40,41)/t18-,19-,20+,21-,22-,23-,24-,27-,28-/m0/s1. The Morgan fingerprint density at radius 3 is 1.48 bits per heavy atom. The summed E-state index contributed by atoms with van der Waals surface area (Å²) in [4.78, 5) is 120. The average Bonchev–Trinajstić information content (AvgIpc) is 3.19. The van der Waals surface area contributed by atoms with E-state index in [1.165, 1.54) is 37.4 Å². The summed E-state index contributed by atoms with van der Waals surface area (Å²) in [5.41, 5.74) is 21.7. The Labute approximate surface area is 364 Å². The maximum absolute atomic E-state index is 13.9. The van der Waals surface area contributed by atoms with Gasteiger partial charge in [-0.3, -0.25) is 48.1 Å². The number of carboxylic acids is 1. The normalized spacial score (nSPS) is 15.3. The Hall–Kier alpha value is -4.88. The van der Waals surface area contributed by atoms with Crippen molar-refractivity contribution in [2.45, 2.75) is 121 Å². The number of carboxylic acid groups (broad SMARTS) is 1. The molecule has 0 aromatic heterocycles. The van der Waals surface area contributed by atoms with Gasteiger partial charge in [-0.2, -0.15) is 23.5 Å². The number of aliphatic carboxylic acids is 1. The first-order valence-electron chi connectivity index (χ1n) is 19.7. The lowest BCUT2D eigenvalue weighted by Crippen LogP contribution is -2.62. The molecule has 0 aliphatic rings. The van der Waals surface area contributed by atoms with Crippen LogP contribution in [0.5, 0.6) is 0 Å². The van der Waals surface area contributed by atoms with E-state index in [1.807, 2.05) is 0 Å². The zero-order valence-electron chi connectivity index (χ0n) is 35.6. The summed E-state index contributed by atoms with van der Waals surface area (Å²) < 4.78 is 0. The predicted octanol–water partition coefficient (Wildman–Crippen LogP) is -4.30. The minimum absolute atomic E-state index is 0.0488. The average molecular weight is 907 g/mol. The van der Waals surface area contributed by atoms with Gasteiger partial charge in [-0.05, 0) is 75.9 Å². The first kappa shape index (κ1) is 56.1. The number of guanidine groups is 1. The third-order valence-corrected chi connectivity index (χ3v) is 10.3. The number of primary amides is 1. The third kappa shape index (κ3) is 23.1. The number of nitrogens with zero attached hydrogens (tertiary/aromatic N) is 1. The number of hydrogen-bond acceptors (Lipinski definition) is 14. The highest BCUT2D eigenvalue weighted by atomic mass is 32.2. The molecule has 0 aliphatic heterocycles. The predicted molar refractivity (Wildman–Crippen MR) is 231 cm³/mol. The van der Waals surface area contributed by atoms with E-state index in [1.54, 1.807) is 26.4 Å². The quantitative estimate of drug-likeness (QED) is 0.0178. The number of nitrogens with two attached hydrogens (primary N) is 4. The van der Waals surface area contributed by atoms with Crippen LogP contribution in [-0.4, -0.2) is 155 Å². The molecule has 0 spiro atoms.